The molecule has 158 valence electrons. The smallest absolute Gasteiger partial charge is 0.340 e. The number of carbonyl (C=O) groups is 1. The third kappa shape index (κ3) is 4.02. The molecule has 0 amide bonds. The zero-order chi connectivity index (χ0) is 22.0. The van der Waals surface area contributed by atoms with Gasteiger partial charge in [-0.05, 0) is 31.2 Å². The first-order valence-corrected chi connectivity index (χ1v) is 9.16. The number of hydrogen-bond acceptors (Lipinski definition) is 7. The van der Waals surface area contributed by atoms with Crippen LogP contribution in [-0.4, -0.2) is 37.1 Å². The standard InChI is InChI=1S/C20H15F3N6O2/c1-2-31-20(30)11-7-9-29-16(11)19(26-13-6-8-24-10-12(13)21)27-18(28-29)15-5-3-4-14(25-15)17(22)23/h3-10,17H,2H2,1H3,(H,24,26,27,28). The minimum absolute atomic E-state index is 0.00188. The van der Waals surface area contributed by atoms with Crippen LogP contribution in [0.5, 0.6) is 0 Å². The summed E-state index contributed by atoms with van der Waals surface area (Å²) in [6.45, 7) is 1.82. The quantitative estimate of drug-likeness (QED) is 0.460. The lowest BCUT2D eigenvalue weighted by Gasteiger charge is -2.12. The van der Waals surface area contributed by atoms with Gasteiger partial charge in [0.15, 0.2) is 11.6 Å². The third-order valence-electron chi connectivity index (χ3n) is 4.26. The molecule has 0 saturated heterocycles. The highest BCUT2D eigenvalue weighted by molar-refractivity contribution is 6.01. The summed E-state index contributed by atoms with van der Waals surface area (Å²) >= 11 is 0. The van der Waals surface area contributed by atoms with Crippen LogP contribution in [0.1, 0.15) is 29.4 Å². The second kappa shape index (κ2) is 8.38. The molecule has 0 saturated carbocycles. The van der Waals surface area contributed by atoms with Crippen LogP contribution in [-0.2, 0) is 4.74 Å². The molecule has 0 radical (unpaired) electrons. The van der Waals surface area contributed by atoms with Crippen LogP contribution in [0.3, 0.4) is 0 Å². The molecule has 0 bridgehead atoms. The number of ether oxygens (including phenoxy) is 1. The number of pyridine rings is 2. The molecular weight excluding hydrogens is 413 g/mol. The fourth-order valence-corrected chi connectivity index (χ4v) is 2.90. The molecule has 4 rings (SSSR count). The maximum absolute atomic E-state index is 14.2. The van der Waals surface area contributed by atoms with Gasteiger partial charge in [-0.25, -0.2) is 32.4 Å². The van der Waals surface area contributed by atoms with Crippen molar-refractivity contribution in [1.82, 2.24) is 24.6 Å². The number of fused-ring (bicyclic) bond motifs is 1. The van der Waals surface area contributed by atoms with Gasteiger partial charge in [0, 0.05) is 12.4 Å². The minimum Gasteiger partial charge on any atom is -0.462 e. The van der Waals surface area contributed by atoms with E-state index < -0.39 is 23.9 Å². The van der Waals surface area contributed by atoms with Crippen molar-refractivity contribution in [3.8, 4) is 11.5 Å². The molecule has 0 aromatic carbocycles. The van der Waals surface area contributed by atoms with Gasteiger partial charge < -0.3 is 10.1 Å². The van der Waals surface area contributed by atoms with E-state index in [-0.39, 0.29) is 40.7 Å². The Morgan fingerprint density at radius 2 is 2.06 bits per heavy atom. The van der Waals surface area contributed by atoms with E-state index >= 15 is 0 Å². The molecule has 11 heteroatoms. The first-order valence-electron chi connectivity index (χ1n) is 9.16. The van der Waals surface area contributed by atoms with Crippen molar-refractivity contribution in [3.05, 3.63) is 66.0 Å². The second-order valence-corrected chi connectivity index (χ2v) is 6.26. The Balaban J connectivity index is 1.90. The van der Waals surface area contributed by atoms with E-state index in [1.807, 2.05) is 0 Å². The Hall–Kier alpha value is -4.02. The lowest BCUT2D eigenvalue weighted by molar-refractivity contribution is 0.0528. The van der Waals surface area contributed by atoms with Crippen molar-refractivity contribution in [1.29, 1.82) is 0 Å². The molecule has 4 heterocycles. The van der Waals surface area contributed by atoms with Crippen molar-refractivity contribution in [2.75, 3.05) is 11.9 Å². The maximum Gasteiger partial charge on any atom is 0.340 e. The highest BCUT2D eigenvalue weighted by Gasteiger charge is 2.21. The molecule has 4 aromatic heterocycles. The van der Waals surface area contributed by atoms with Crippen molar-refractivity contribution in [2.24, 2.45) is 0 Å². The van der Waals surface area contributed by atoms with Crippen LogP contribution in [0.15, 0.2) is 48.9 Å². The summed E-state index contributed by atoms with van der Waals surface area (Å²) in [4.78, 5) is 24.3. The highest BCUT2D eigenvalue weighted by Crippen LogP contribution is 2.28. The third-order valence-corrected chi connectivity index (χ3v) is 4.26. The molecule has 4 aromatic rings. The fraction of sp³-hybridized carbons (Fsp3) is 0.150. The van der Waals surface area contributed by atoms with Crippen LogP contribution >= 0.6 is 0 Å². The molecule has 31 heavy (non-hydrogen) atoms. The van der Waals surface area contributed by atoms with E-state index in [1.165, 1.54) is 47.2 Å². The number of alkyl halides is 2. The van der Waals surface area contributed by atoms with E-state index in [9.17, 15) is 18.0 Å². The normalized spacial score (nSPS) is 11.1. The van der Waals surface area contributed by atoms with Gasteiger partial charge in [0.1, 0.15) is 16.9 Å². The molecule has 0 aliphatic rings. The first kappa shape index (κ1) is 20.3. The number of aromatic nitrogens is 5. The lowest BCUT2D eigenvalue weighted by atomic mass is 10.2. The molecule has 0 fully saturated rings. The van der Waals surface area contributed by atoms with E-state index in [4.69, 9.17) is 4.74 Å². The zero-order valence-corrected chi connectivity index (χ0v) is 16.1. The molecule has 0 atom stereocenters. The van der Waals surface area contributed by atoms with E-state index in [1.54, 1.807) is 6.92 Å². The monoisotopic (exact) mass is 428 g/mol. The predicted octanol–water partition coefficient (Wildman–Crippen LogP) is 4.18. The van der Waals surface area contributed by atoms with Crippen molar-refractivity contribution in [2.45, 2.75) is 13.3 Å². The number of esters is 1. The van der Waals surface area contributed by atoms with Gasteiger partial charge in [-0.15, -0.1) is 5.10 Å². The number of rotatable bonds is 6. The summed E-state index contributed by atoms with van der Waals surface area (Å²) < 4.78 is 46.7. The summed E-state index contributed by atoms with van der Waals surface area (Å²) in [5.74, 6) is -1.20. The number of nitrogens with zero attached hydrogens (tertiary/aromatic N) is 5. The van der Waals surface area contributed by atoms with Gasteiger partial charge in [0.25, 0.3) is 6.43 Å². The molecule has 0 aliphatic heterocycles. The molecule has 1 N–H and O–H groups in total. The van der Waals surface area contributed by atoms with Gasteiger partial charge in [-0.3, -0.25) is 4.98 Å². The highest BCUT2D eigenvalue weighted by atomic mass is 19.3. The number of halogens is 3. The second-order valence-electron chi connectivity index (χ2n) is 6.26. The molecular formula is C20H15F3N6O2. The van der Waals surface area contributed by atoms with Crippen LogP contribution < -0.4 is 5.32 Å². The average molecular weight is 428 g/mol. The van der Waals surface area contributed by atoms with Crippen LogP contribution in [0.25, 0.3) is 17.0 Å². The Kier molecular flexibility index (Phi) is 5.48. The first-order chi connectivity index (χ1) is 15.0. The molecule has 8 nitrogen and oxygen atoms in total. The summed E-state index contributed by atoms with van der Waals surface area (Å²) in [5.41, 5.74) is 0.0786. The Bertz CT molecular complexity index is 1260. The largest absolute Gasteiger partial charge is 0.462 e. The lowest BCUT2D eigenvalue weighted by Crippen LogP contribution is -2.09. The van der Waals surface area contributed by atoms with E-state index in [0.717, 1.165) is 6.20 Å². The van der Waals surface area contributed by atoms with Gasteiger partial charge in [-0.2, -0.15) is 0 Å². The van der Waals surface area contributed by atoms with Crippen LogP contribution in [0.2, 0.25) is 0 Å². The topological polar surface area (TPSA) is 94.3 Å². The van der Waals surface area contributed by atoms with Gasteiger partial charge in [0.2, 0.25) is 5.82 Å². The van der Waals surface area contributed by atoms with E-state index in [0.29, 0.717) is 0 Å². The predicted molar refractivity (Wildman–Crippen MR) is 105 cm³/mol. The molecule has 0 unspecified atom stereocenters. The number of carbonyl (C=O) groups excluding carboxylic acids is 1. The SMILES string of the molecule is CCOC(=O)c1ccn2nc(-c3cccc(C(F)F)n3)nc(Nc3ccncc3F)c12. The number of anilines is 2. The maximum atomic E-state index is 14.2. The summed E-state index contributed by atoms with van der Waals surface area (Å²) in [7, 11) is 0. The fourth-order valence-electron chi connectivity index (χ4n) is 2.90. The number of hydrogen-bond donors (Lipinski definition) is 1. The zero-order valence-electron chi connectivity index (χ0n) is 16.1. The van der Waals surface area contributed by atoms with E-state index in [2.05, 4.69) is 25.4 Å². The van der Waals surface area contributed by atoms with Crippen LogP contribution in [0, 0.1) is 5.82 Å². The summed E-state index contributed by atoms with van der Waals surface area (Å²) in [6, 6.07) is 6.93. The van der Waals surface area contributed by atoms with Gasteiger partial charge in [0.05, 0.1) is 24.1 Å². The van der Waals surface area contributed by atoms with Crippen molar-refractivity contribution < 1.29 is 22.7 Å². The minimum atomic E-state index is -2.77. The average Bonchev–Trinajstić information content (AvgIpc) is 3.20. The van der Waals surface area contributed by atoms with Gasteiger partial charge in [-0.1, -0.05) is 6.07 Å². The molecule has 0 spiro atoms. The van der Waals surface area contributed by atoms with Crippen molar-refractivity contribution in [3.63, 3.8) is 0 Å². The summed E-state index contributed by atoms with van der Waals surface area (Å²) in [5, 5.41) is 7.09. The van der Waals surface area contributed by atoms with Gasteiger partial charge >= 0.3 is 5.97 Å². The van der Waals surface area contributed by atoms with Crippen molar-refractivity contribution >= 4 is 23.0 Å². The number of nitrogens with one attached hydrogen (secondary N) is 1. The molecule has 0 aliphatic carbocycles. The summed E-state index contributed by atoms with van der Waals surface area (Å²) in [6.07, 6.45) is 1.11. The Labute approximate surface area is 173 Å². The Morgan fingerprint density at radius 3 is 2.81 bits per heavy atom. The van der Waals surface area contributed by atoms with Crippen LogP contribution in [0.4, 0.5) is 24.7 Å². The Morgan fingerprint density at radius 1 is 1.23 bits per heavy atom.